The fourth-order valence-electron chi connectivity index (χ4n) is 2.20. The zero-order valence-electron chi connectivity index (χ0n) is 10.3. The molecule has 0 radical (unpaired) electrons. The predicted octanol–water partition coefficient (Wildman–Crippen LogP) is 2.82. The number of fused-ring (bicyclic) bond motifs is 1. The summed E-state index contributed by atoms with van der Waals surface area (Å²) >= 11 is 1.61. The number of thiazole rings is 1. The van der Waals surface area contributed by atoms with Crippen LogP contribution in [0.2, 0.25) is 0 Å². The molecular weight excluding hydrogens is 261 g/mol. The Labute approximate surface area is 114 Å². The van der Waals surface area contributed by atoms with Crippen LogP contribution < -0.4 is 5.73 Å². The van der Waals surface area contributed by atoms with E-state index in [2.05, 4.69) is 4.98 Å². The number of nitrogens with two attached hydrogens (primary N) is 1. The molecule has 1 unspecified atom stereocenters. The maximum absolute atomic E-state index is 12.9. The molecule has 0 fully saturated rings. The van der Waals surface area contributed by atoms with E-state index in [1.54, 1.807) is 23.5 Å². The topological polar surface area (TPSA) is 43.3 Å². The van der Waals surface area contributed by atoms with Crippen LogP contribution in [0.4, 0.5) is 4.39 Å². The van der Waals surface area contributed by atoms with Crippen molar-refractivity contribution in [2.45, 2.75) is 12.3 Å². The van der Waals surface area contributed by atoms with Gasteiger partial charge in [-0.15, -0.1) is 11.3 Å². The van der Waals surface area contributed by atoms with E-state index in [0.717, 1.165) is 22.6 Å². The lowest BCUT2D eigenvalue weighted by Crippen LogP contribution is -2.15. The number of halogens is 1. The summed E-state index contributed by atoms with van der Waals surface area (Å²) in [6.45, 7) is 0.525. The van der Waals surface area contributed by atoms with Gasteiger partial charge in [-0.2, -0.15) is 0 Å². The highest BCUT2D eigenvalue weighted by molar-refractivity contribution is 7.15. The number of nitrogens with zero attached hydrogens (tertiary/aromatic N) is 2. The van der Waals surface area contributed by atoms with Crippen LogP contribution >= 0.6 is 11.3 Å². The van der Waals surface area contributed by atoms with E-state index in [-0.39, 0.29) is 11.7 Å². The van der Waals surface area contributed by atoms with Crippen molar-refractivity contribution in [3.8, 4) is 0 Å². The minimum Gasteiger partial charge on any atom is -0.330 e. The standard InChI is InChI=1S/C14H14FN3S/c15-12-3-1-10(2-4-12)11(8-16)7-13-9-18-5-6-19-14(18)17-13/h1-6,9,11H,7-8,16H2. The molecule has 2 aromatic heterocycles. The van der Waals surface area contributed by atoms with Gasteiger partial charge in [-0.25, -0.2) is 9.37 Å². The van der Waals surface area contributed by atoms with Gasteiger partial charge in [-0.3, -0.25) is 4.40 Å². The zero-order valence-corrected chi connectivity index (χ0v) is 11.1. The lowest BCUT2D eigenvalue weighted by Gasteiger charge is -2.13. The van der Waals surface area contributed by atoms with Gasteiger partial charge in [0.15, 0.2) is 4.96 Å². The monoisotopic (exact) mass is 275 g/mol. The Bertz CT molecular complexity index is 643. The molecule has 1 atom stereocenters. The van der Waals surface area contributed by atoms with Gasteiger partial charge < -0.3 is 5.73 Å². The Kier molecular flexibility index (Phi) is 3.31. The summed E-state index contributed by atoms with van der Waals surface area (Å²) < 4.78 is 14.9. The van der Waals surface area contributed by atoms with Crippen LogP contribution in [0.15, 0.2) is 42.0 Å². The number of aromatic nitrogens is 2. The third-order valence-corrected chi connectivity index (χ3v) is 4.00. The average Bonchev–Trinajstić information content (AvgIpc) is 2.98. The normalized spacial score (nSPS) is 12.9. The second-order valence-corrected chi connectivity index (χ2v) is 5.39. The van der Waals surface area contributed by atoms with Gasteiger partial charge in [0.05, 0.1) is 5.69 Å². The van der Waals surface area contributed by atoms with E-state index < -0.39 is 0 Å². The SMILES string of the molecule is NCC(Cc1cn2ccsc2n1)c1ccc(F)cc1. The van der Waals surface area contributed by atoms with E-state index in [1.807, 2.05) is 22.2 Å². The fourth-order valence-corrected chi connectivity index (χ4v) is 2.92. The molecule has 0 bridgehead atoms. The van der Waals surface area contributed by atoms with Crippen LogP contribution in [0.3, 0.4) is 0 Å². The summed E-state index contributed by atoms with van der Waals surface area (Å²) in [6, 6.07) is 6.55. The Hall–Kier alpha value is -1.72. The Morgan fingerprint density at radius 1 is 1.32 bits per heavy atom. The number of rotatable bonds is 4. The van der Waals surface area contributed by atoms with Crippen molar-refractivity contribution in [1.82, 2.24) is 9.38 Å². The molecule has 0 aliphatic rings. The van der Waals surface area contributed by atoms with E-state index in [4.69, 9.17) is 5.73 Å². The first-order valence-corrected chi connectivity index (χ1v) is 7.01. The maximum Gasteiger partial charge on any atom is 0.193 e. The molecule has 0 spiro atoms. The summed E-state index contributed by atoms with van der Waals surface area (Å²) in [4.78, 5) is 5.55. The van der Waals surface area contributed by atoms with Crippen molar-refractivity contribution in [3.05, 3.63) is 59.1 Å². The fraction of sp³-hybridized carbons (Fsp3) is 0.214. The Balaban J connectivity index is 1.83. The largest absolute Gasteiger partial charge is 0.330 e. The van der Waals surface area contributed by atoms with Crippen molar-refractivity contribution in [1.29, 1.82) is 0 Å². The highest BCUT2D eigenvalue weighted by atomic mass is 32.1. The number of benzene rings is 1. The van der Waals surface area contributed by atoms with Crippen molar-refractivity contribution in [2.75, 3.05) is 6.54 Å². The van der Waals surface area contributed by atoms with Crippen molar-refractivity contribution < 1.29 is 4.39 Å². The minimum absolute atomic E-state index is 0.171. The van der Waals surface area contributed by atoms with E-state index in [0.29, 0.717) is 6.54 Å². The van der Waals surface area contributed by atoms with Crippen LogP contribution in [0.1, 0.15) is 17.2 Å². The van der Waals surface area contributed by atoms with E-state index >= 15 is 0 Å². The number of hydrogen-bond donors (Lipinski definition) is 1. The predicted molar refractivity (Wildman–Crippen MR) is 75.0 cm³/mol. The molecule has 3 nitrogen and oxygen atoms in total. The second-order valence-electron chi connectivity index (χ2n) is 4.51. The molecule has 98 valence electrons. The Morgan fingerprint density at radius 2 is 2.11 bits per heavy atom. The molecular formula is C14H14FN3S. The quantitative estimate of drug-likeness (QED) is 0.795. The molecule has 0 aliphatic carbocycles. The molecule has 2 heterocycles. The molecule has 5 heteroatoms. The molecule has 2 N–H and O–H groups in total. The average molecular weight is 275 g/mol. The van der Waals surface area contributed by atoms with Crippen molar-refractivity contribution >= 4 is 16.3 Å². The maximum atomic E-state index is 12.9. The molecule has 19 heavy (non-hydrogen) atoms. The summed E-state index contributed by atoms with van der Waals surface area (Å²) in [5.74, 6) is -0.0489. The van der Waals surface area contributed by atoms with Gasteiger partial charge in [-0.1, -0.05) is 12.1 Å². The van der Waals surface area contributed by atoms with Crippen LogP contribution in [-0.4, -0.2) is 15.9 Å². The van der Waals surface area contributed by atoms with Gasteiger partial charge in [0.1, 0.15) is 5.82 Å². The number of hydrogen-bond acceptors (Lipinski definition) is 3. The highest BCUT2D eigenvalue weighted by Crippen LogP contribution is 2.21. The van der Waals surface area contributed by atoms with Crippen LogP contribution in [0.25, 0.3) is 4.96 Å². The summed E-state index contributed by atoms with van der Waals surface area (Å²) in [7, 11) is 0. The van der Waals surface area contributed by atoms with Gasteiger partial charge in [0, 0.05) is 23.7 Å². The molecule has 3 rings (SSSR count). The van der Waals surface area contributed by atoms with Crippen molar-refractivity contribution in [2.24, 2.45) is 5.73 Å². The zero-order chi connectivity index (χ0) is 13.2. The van der Waals surface area contributed by atoms with Crippen LogP contribution in [0, 0.1) is 5.82 Å². The smallest absolute Gasteiger partial charge is 0.193 e. The van der Waals surface area contributed by atoms with Crippen LogP contribution in [-0.2, 0) is 6.42 Å². The van der Waals surface area contributed by atoms with Gasteiger partial charge in [0.25, 0.3) is 0 Å². The minimum atomic E-state index is -0.220. The first-order chi connectivity index (χ1) is 9.26. The first-order valence-electron chi connectivity index (χ1n) is 6.13. The summed E-state index contributed by atoms with van der Waals surface area (Å²) in [5.41, 5.74) is 7.91. The van der Waals surface area contributed by atoms with E-state index in [9.17, 15) is 4.39 Å². The molecule has 3 aromatic rings. The summed E-state index contributed by atoms with van der Waals surface area (Å²) in [5, 5.41) is 2.01. The van der Waals surface area contributed by atoms with Gasteiger partial charge in [0.2, 0.25) is 0 Å². The first kappa shape index (κ1) is 12.3. The Morgan fingerprint density at radius 3 is 2.79 bits per heavy atom. The molecule has 1 aromatic carbocycles. The second kappa shape index (κ2) is 5.11. The lowest BCUT2D eigenvalue weighted by atomic mass is 9.94. The molecule has 0 saturated carbocycles. The van der Waals surface area contributed by atoms with Gasteiger partial charge in [-0.05, 0) is 30.7 Å². The van der Waals surface area contributed by atoms with Crippen molar-refractivity contribution in [3.63, 3.8) is 0 Å². The third-order valence-electron chi connectivity index (χ3n) is 3.22. The molecule has 0 aliphatic heterocycles. The summed E-state index contributed by atoms with van der Waals surface area (Å²) in [6.07, 6.45) is 4.79. The third kappa shape index (κ3) is 2.52. The van der Waals surface area contributed by atoms with E-state index in [1.165, 1.54) is 12.1 Å². The lowest BCUT2D eigenvalue weighted by molar-refractivity contribution is 0.623. The molecule has 0 saturated heterocycles. The highest BCUT2D eigenvalue weighted by Gasteiger charge is 2.13. The molecule has 0 amide bonds. The van der Waals surface area contributed by atoms with Gasteiger partial charge >= 0.3 is 0 Å². The van der Waals surface area contributed by atoms with Crippen LogP contribution in [0.5, 0.6) is 0 Å². The number of imidazole rings is 1.